The van der Waals surface area contributed by atoms with E-state index in [1.54, 1.807) is 0 Å². The van der Waals surface area contributed by atoms with Crippen LogP contribution in [0.3, 0.4) is 0 Å². The highest BCUT2D eigenvalue weighted by atomic mass is 16.3. The van der Waals surface area contributed by atoms with Gasteiger partial charge in [0.25, 0.3) is 0 Å². The minimum atomic E-state index is -0.766. The number of ketones is 1. The molecular formula is C16H23NO2. The summed E-state index contributed by atoms with van der Waals surface area (Å²) in [5.41, 5.74) is -1.04. The average Bonchev–Trinajstić information content (AvgIpc) is 2.59. The summed E-state index contributed by atoms with van der Waals surface area (Å²) in [6, 6.07) is 0. The first-order valence-corrected chi connectivity index (χ1v) is 7.76. The lowest BCUT2D eigenvalue weighted by Crippen LogP contribution is -2.66. The summed E-state index contributed by atoms with van der Waals surface area (Å²) in [6.45, 7) is 4.01. The van der Waals surface area contributed by atoms with E-state index < -0.39 is 5.72 Å². The first kappa shape index (κ1) is 12.1. The maximum atomic E-state index is 12.5. The molecule has 3 nitrogen and oxygen atoms in total. The van der Waals surface area contributed by atoms with E-state index in [1.165, 1.54) is 0 Å². The average molecular weight is 261 g/mol. The van der Waals surface area contributed by atoms with E-state index in [9.17, 15) is 9.90 Å². The Kier molecular flexibility index (Phi) is 2.36. The molecule has 3 fully saturated rings. The summed E-state index contributed by atoms with van der Waals surface area (Å²) in [6.07, 6.45) is 9.07. The summed E-state index contributed by atoms with van der Waals surface area (Å²) in [5.74, 6) is 1.35. The highest BCUT2D eigenvalue weighted by molar-refractivity contribution is 5.86. The topological polar surface area (TPSA) is 40.5 Å². The second-order valence-corrected chi connectivity index (χ2v) is 7.21. The second-order valence-electron chi connectivity index (χ2n) is 7.21. The molecule has 1 saturated heterocycles. The van der Waals surface area contributed by atoms with Crippen molar-refractivity contribution in [3.05, 3.63) is 12.2 Å². The van der Waals surface area contributed by atoms with Gasteiger partial charge in [0.05, 0.1) is 0 Å². The molecule has 2 heterocycles. The molecule has 2 saturated carbocycles. The summed E-state index contributed by atoms with van der Waals surface area (Å²) in [7, 11) is 0. The van der Waals surface area contributed by atoms with E-state index in [1.807, 2.05) is 0 Å². The van der Waals surface area contributed by atoms with Crippen LogP contribution in [0.4, 0.5) is 0 Å². The van der Waals surface area contributed by atoms with E-state index in [-0.39, 0.29) is 11.3 Å². The van der Waals surface area contributed by atoms with Crippen molar-refractivity contribution in [1.29, 1.82) is 0 Å². The normalized spacial score (nSPS) is 55.8. The van der Waals surface area contributed by atoms with Gasteiger partial charge in [0.15, 0.2) is 0 Å². The number of aliphatic hydroxyl groups is 1. The van der Waals surface area contributed by atoms with Crippen molar-refractivity contribution in [2.24, 2.45) is 23.2 Å². The lowest BCUT2D eigenvalue weighted by molar-refractivity contribution is -0.227. The minimum Gasteiger partial charge on any atom is -0.375 e. The molecule has 0 radical (unpaired) electrons. The zero-order valence-corrected chi connectivity index (χ0v) is 11.6. The van der Waals surface area contributed by atoms with Crippen LogP contribution in [0.2, 0.25) is 0 Å². The van der Waals surface area contributed by atoms with Crippen molar-refractivity contribution in [2.75, 3.05) is 13.1 Å². The minimum absolute atomic E-state index is 0.0662. The van der Waals surface area contributed by atoms with E-state index >= 15 is 0 Å². The molecule has 19 heavy (non-hydrogen) atoms. The van der Waals surface area contributed by atoms with Crippen LogP contribution >= 0.6 is 0 Å². The lowest BCUT2D eigenvalue weighted by Gasteiger charge is -2.59. The van der Waals surface area contributed by atoms with Gasteiger partial charge in [0.1, 0.15) is 11.5 Å². The van der Waals surface area contributed by atoms with Crippen molar-refractivity contribution in [3.8, 4) is 0 Å². The number of hydrogen-bond acceptors (Lipinski definition) is 3. The molecule has 4 aliphatic rings. The van der Waals surface area contributed by atoms with Gasteiger partial charge >= 0.3 is 0 Å². The van der Waals surface area contributed by atoms with Gasteiger partial charge in [0.2, 0.25) is 0 Å². The monoisotopic (exact) mass is 261 g/mol. The smallest absolute Gasteiger partial charge is 0.137 e. The Labute approximate surface area is 114 Å². The number of Topliss-reactive ketones (excluding diaryl/α,β-unsaturated/α-hetero) is 1. The summed E-state index contributed by atoms with van der Waals surface area (Å²) < 4.78 is 0. The third-order valence-electron chi connectivity index (χ3n) is 6.27. The number of nitrogens with zero attached hydrogens (tertiary/aromatic N) is 1. The number of carbonyl (C=O) groups excluding carboxylic acids is 1. The van der Waals surface area contributed by atoms with Crippen molar-refractivity contribution >= 4 is 5.78 Å². The highest BCUT2D eigenvalue weighted by Gasteiger charge is 2.68. The molecule has 6 atom stereocenters. The summed E-state index contributed by atoms with van der Waals surface area (Å²) in [5, 5.41) is 11.5. The molecule has 104 valence electrons. The predicted octanol–water partition coefficient (Wildman–Crippen LogP) is 1.96. The Balaban J connectivity index is 1.94. The quantitative estimate of drug-likeness (QED) is 0.678. The van der Waals surface area contributed by atoms with Gasteiger partial charge in [-0.1, -0.05) is 19.1 Å². The molecule has 2 aliphatic heterocycles. The standard InChI is InChI=1S/C16H23NO2/c1-11-8-12-9-14(18)13-4-2-6-17-7-3-5-15(12,13)16(17,19)10-11/h3,5,11-13,19H,2,4,6-10H2,1H3/t11-,12+,13-,15-,16+/m1/s1. The van der Waals surface area contributed by atoms with Crippen LogP contribution < -0.4 is 0 Å². The summed E-state index contributed by atoms with van der Waals surface area (Å²) >= 11 is 0. The van der Waals surface area contributed by atoms with Crippen molar-refractivity contribution in [1.82, 2.24) is 4.90 Å². The van der Waals surface area contributed by atoms with E-state index in [4.69, 9.17) is 0 Å². The van der Waals surface area contributed by atoms with Gasteiger partial charge in [-0.15, -0.1) is 0 Å². The van der Waals surface area contributed by atoms with Crippen molar-refractivity contribution < 1.29 is 9.90 Å². The molecule has 0 amide bonds. The molecule has 1 N–H and O–H groups in total. The second kappa shape index (κ2) is 3.70. The zero-order chi connectivity index (χ0) is 13.3. The Morgan fingerprint density at radius 3 is 3.16 bits per heavy atom. The maximum Gasteiger partial charge on any atom is 0.137 e. The van der Waals surface area contributed by atoms with Crippen LogP contribution in [-0.4, -0.2) is 34.6 Å². The van der Waals surface area contributed by atoms with Crippen LogP contribution in [0.1, 0.15) is 39.0 Å². The molecule has 3 heteroatoms. The van der Waals surface area contributed by atoms with E-state index in [2.05, 4.69) is 24.0 Å². The fourth-order valence-corrected chi connectivity index (χ4v) is 5.70. The van der Waals surface area contributed by atoms with Crippen molar-refractivity contribution in [2.45, 2.75) is 44.8 Å². The Morgan fingerprint density at radius 1 is 1.47 bits per heavy atom. The third kappa shape index (κ3) is 1.28. The summed E-state index contributed by atoms with van der Waals surface area (Å²) in [4.78, 5) is 14.7. The molecule has 1 unspecified atom stereocenters. The van der Waals surface area contributed by atoms with Gasteiger partial charge in [-0.05, 0) is 37.5 Å². The first-order chi connectivity index (χ1) is 9.08. The highest BCUT2D eigenvalue weighted by Crippen LogP contribution is 2.64. The third-order valence-corrected chi connectivity index (χ3v) is 6.27. The molecule has 0 aromatic heterocycles. The molecular weight excluding hydrogens is 238 g/mol. The number of rotatable bonds is 0. The largest absolute Gasteiger partial charge is 0.375 e. The van der Waals surface area contributed by atoms with E-state index in [0.29, 0.717) is 24.0 Å². The van der Waals surface area contributed by atoms with Gasteiger partial charge in [0, 0.05) is 30.8 Å². The van der Waals surface area contributed by atoms with Crippen molar-refractivity contribution in [3.63, 3.8) is 0 Å². The van der Waals surface area contributed by atoms with Crippen LogP contribution in [0, 0.1) is 23.2 Å². The van der Waals surface area contributed by atoms with Crippen LogP contribution in [-0.2, 0) is 4.79 Å². The Hall–Kier alpha value is -0.670. The molecule has 4 rings (SSSR count). The molecule has 0 aromatic rings. The van der Waals surface area contributed by atoms with Gasteiger partial charge < -0.3 is 5.11 Å². The SMILES string of the molecule is C[C@@H]1C[C@H]2CC(=O)[C@H]3CCCN4CC=C[C@@]23[C@@]4(O)C1. The number of hydrogen-bond donors (Lipinski definition) is 1. The maximum absolute atomic E-state index is 12.5. The Morgan fingerprint density at radius 2 is 2.32 bits per heavy atom. The molecule has 0 aromatic carbocycles. The van der Waals surface area contributed by atoms with Crippen LogP contribution in [0.5, 0.6) is 0 Å². The van der Waals surface area contributed by atoms with Gasteiger partial charge in [-0.25, -0.2) is 0 Å². The van der Waals surface area contributed by atoms with E-state index in [0.717, 1.165) is 38.8 Å². The predicted molar refractivity (Wildman–Crippen MR) is 72.3 cm³/mol. The number of carbonyl (C=O) groups is 1. The first-order valence-electron chi connectivity index (χ1n) is 7.76. The fourth-order valence-electron chi connectivity index (χ4n) is 5.70. The lowest BCUT2D eigenvalue weighted by atomic mass is 9.55. The zero-order valence-electron chi connectivity index (χ0n) is 11.6. The molecule has 2 aliphatic carbocycles. The molecule has 1 spiro atoms. The molecule has 2 bridgehead atoms. The fraction of sp³-hybridized carbons (Fsp3) is 0.812. The van der Waals surface area contributed by atoms with Gasteiger partial charge in [-0.2, -0.15) is 0 Å². The van der Waals surface area contributed by atoms with Gasteiger partial charge in [-0.3, -0.25) is 9.69 Å². The van der Waals surface area contributed by atoms with Crippen LogP contribution in [0.15, 0.2) is 12.2 Å². The van der Waals surface area contributed by atoms with Crippen LogP contribution in [0.25, 0.3) is 0 Å². The Bertz CT molecular complexity index is 460.